The molecule has 0 bridgehead atoms. The van der Waals surface area contributed by atoms with Crippen LogP contribution in [0, 0.1) is 0 Å². The molecule has 0 atom stereocenters. The Morgan fingerprint density at radius 3 is 2.20 bits per heavy atom. The number of ether oxygens (including phenoxy) is 1. The van der Waals surface area contributed by atoms with Crippen LogP contribution >= 0.6 is 0 Å². The summed E-state index contributed by atoms with van der Waals surface area (Å²) in [5.41, 5.74) is 3.02. The first-order valence-corrected chi connectivity index (χ1v) is 10.1. The fourth-order valence-electron chi connectivity index (χ4n) is 3.53. The van der Waals surface area contributed by atoms with Gasteiger partial charge in [-0.25, -0.2) is 9.78 Å². The van der Waals surface area contributed by atoms with Gasteiger partial charge in [-0.1, -0.05) is 12.1 Å². The quantitative estimate of drug-likeness (QED) is 0.651. The number of amides is 2. The molecular weight excluding hydrogens is 380 g/mol. The van der Waals surface area contributed by atoms with Gasteiger partial charge in [-0.3, -0.25) is 9.36 Å². The topological polar surface area (TPSA) is 67.7 Å². The number of hydrogen-bond acceptors (Lipinski definition) is 4. The molecule has 1 aliphatic rings. The molecule has 30 heavy (non-hydrogen) atoms. The second-order valence-corrected chi connectivity index (χ2v) is 8.41. The maximum atomic E-state index is 12.9. The molecule has 1 aliphatic heterocycles. The molecule has 0 spiro atoms. The summed E-state index contributed by atoms with van der Waals surface area (Å²) in [6.45, 7) is 7.47. The predicted molar refractivity (Wildman–Crippen MR) is 115 cm³/mol. The smallest absolute Gasteiger partial charge is 0.410 e. The van der Waals surface area contributed by atoms with E-state index in [4.69, 9.17) is 4.74 Å². The maximum Gasteiger partial charge on any atom is 0.410 e. The fourth-order valence-corrected chi connectivity index (χ4v) is 3.53. The molecular formula is C23H26N4O3. The highest BCUT2D eigenvalue weighted by molar-refractivity contribution is 5.94. The van der Waals surface area contributed by atoms with Crippen LogP contribution in [0.3, 0.4) is 0 Å². The summed E-state index contributed by atoms with van der Waals surface area (Å²) in [6, 6.07) is 15.5. The molecule has 2 heterocycles. The van der Waals surface area contributed by atoms with Gasteiger partial charge in [0.05, 0.1) is 11.0 Å². The van der Waals surface area contributed by atoms with Crippen molar-refractivity contribution >= 4 is 23.0 Å². The van der Waals surface area contributed by atoms with Crippen molar-refractivity contribution in [3.63, 3.8) is 0 Å². The summed E-state index contributed by atoms with van der Waals surface area (Å²) in [5, 5.41) is 0. The zero-order valence-corrected chi connectivity index (χ0v) is 17.5. The van der Waals surface area contributed by atoms with E-state index >= 15 is 0 Å². The third kappa shape index (κ3) is 4.15. The molecule has 4 rings (SSSR count). The van der Waals surface area contributed by atoms with Gasteiger partial charge in [-0.2, -0.15) is 0 Å². The number of para-hydroxylation sites is 2. The van der Waals surface area contributed by atoms with E-state index in [0.717, 1.165) is 16.7 Å². The van der Waals surface area contributed by atoms with Gasteiger partial charge in [0.25, 0.3) is 5.91 Å². The van der Waals surface area contributed by atoms with Crippen molar-refractivity contribution in [1.29, 1.82) is 0 Å². The van der Waals surface area contributed by atoms with E-state index in [1.54, 1.807) is 16.1 Å². The van der Waals surface area contributed by atoms with E-state index in [9.17, 15) is 9.59 Å². The molecule has 0 N–H and O–H groups in total. The molecule has 1 aromatic heterocycles. The largest absolute Gasteiger partial charge is 0.444 e. The van der Waals surface area contributed by atoms with Gasteiger partial charge in [0.15, 0.2) is 0 Å². The van der Waals surface area contributed by atoms with Gasteiger partial charge in [0.2, 0.25) is 0 Å². The summed E-state index contributed by atoms with van der Waals surface area (Å²) in [4.78, 5) is 32.9. The van der Waals surface area contributed by atoms with Crippen molar-refractivity contribution in [3.05, 3.63) is 60.4 Å². The van der Waals surface area contributed by atoms with Crippen LogP contribution < -0.4 is 0 Å². The van der Waals surface area contributed by atoms with Crippen LogP contribution in [-0.2, 0) is 4.74 Å². The molecule has 3 aromatic rings. The van der Waals surface area contributed by atoms with E-state index in [2.05, 4.69) is 4.98 Å². The van der Waals surface area contributed by atoms with E-state index in [-0.39, 0.29) is 12.0 Å². The Hall–Kier alpha value is -3.35. The van der Waals surface area contributed by atoms with Crippen molar-refractivity contribution in [3.8, 4) is 5.69 Å². The van der Waals surface area contributed by atoms with Gasteiger partial charge in [0, 0.05) is 37.4 Å². The molecule has 0 saturated carbocycles. The standard InChI is InChI=1S/C23H26N4O3/c1-23(2,3)30-22(29)26-14-12-25(13-15-26)21(28)17-8-10-18(11-9-17)27-16-24-19-6-4-5-7-20(19)27/h4-11,16H,12-15H2,1-3H3. The number of imidazole rings is 1. The minimum absolute atomic E-state index is 0.0270. The summed E-state index contributed by atoms with van der Waals surface area (Å²) >= 11 is 0. The Bertz CT molecular complexity index is 1060. The Labute approximate surface area is 175 Å². The first-order valence-electron chi connectivity index (χ1n) is 10.1. The molecule has 0 unspecified atom stereocenters. The van der Waals surface area contributed by atoms with E-state index in [1.807, 2.05) is 73.9 Å². The average molecular weight is 406 g/mol. The highest BCUT2D eigenvalue weighted by atomic mass is 16.6. The molecule has 156 valence electrons. The second kappa shape index (κ2) is 7.82. The number of rotatable bonds is 2. The van der Waals surface area contributed by atoms with Crippen LogP contribution in [0.25, 0.3) is 16.7 Å². The normalized spacial score (nSPS) is 14.8. The van der Waals surface area contributed by atoms with Gasteiger partial charge >= 0.3 is 6.09 Å². The van der Waals surface area contributed by atoms with Gasteiger partial charge < -0.3 is 14.5 Å². The van der Waals surface area contributed by atoms with Crippen molar-refractivity contribution < 1.29 is 14.3 Å². The first-order chi connectivity index (χ1) is 14.3. The Morgan fingerprint density at radius 2 is 1.53 bits per heavy atom. The maximum absolute atomic E-state index is 12.9. The van der Waals surface area contributed by atoms with Crippen LogP contribution in [-0.4, -0.2) is 63.1 Å². The van der Waals surface area contributed by atoms with Gasteiger partial charge in [-0.15, -0.1) is 0 Å². The lowest BCUT2D eigenvalue weighted by atomic mass is 10.1. The molecule has 2 aromatic carbocycles. The second-order valence-electron chi connectivity index (χ2n) is 8.41. The van der Waals surface area contributed by atoms with Crippen molar-refractivity contribution in [1.82, 2.24) is 19.4 Å². The van der Waals surface area contributed by atoms with Crippen LogP contribution in [0.1, 0.15) is 31.1 Å². The number of piperazine rings is 1. The Kier molecular flexibility index (Phi) is 5.20. The van der Waals surface area contributed by atoms with Crippen LogP contribution in [0.5, 0.6) is 0 Å². The van der Waals surface area contributed by atoms with Crippen LogP contribution in [0.4, 0.5) is 4.79 Å². The predicted octanol–water partition coefficient (Wildman–Crippen LogP) is 3.72. The summed E-state index contributed by atoms with van der Waals surface area (Å²) in [5.74, 6) is -0.0270. The van der Waals surface area contributed by atoms with E-state index < -0.39 is 5.60 Å². The van der Waals surface area contributed by atoms with Crippen molar-refractivity contribution in [2.75, 3.05) is 26.2 Å². The zero-order valence-electron chi connectivity index (χ0n) is 17.5. The summed E-state index contributed by atoms with van der Waals surface area (Å²) in [7, 11) is 0. The first kappa shape index (κ1) is 19.9. The minimum Gasteiger partial charge on any atom is -0.444 e. The third-order valence-corrected chi connectivity index (χ3v) is 5.06. The third-order valence-electron chi connectivity index (χ3n) is 5.06. The van der Waals surface area contributed by atoms with Crippen LogP contribution in [0.2, 0.25) is 0 Å². The number of carbonyl (C=O) groups is 2. The molecule has 1 fully saturated rings. The number of fused-ring (bicyclic) bond motifs is 1. The lowest BCUT2D eigenvalue weighted by Gasteiger charge is -2.35. The molecule has 2 amide bonds. The lowest BCUT2D eigenvalue weighted by molar-refractivity contribution is 0.0141. The fraction of sp³-hybridized carbons (Fsp3) is 0.348. The number of carbonyl (C=O) groups excluding carboxylic acids is 2. The molecule has 7 nitrogen and oxygen atoms in total. The summed E-state index contributed by atoms with van der Waals surface area (Å²) < 4.78 is 7.42. The lowest BCUT2D eigenvalue weighted by Crippen LogP contribution is -2.51. The number of nitrogens with zero attached hydrogens (tertiary/aromatic N) is 4. The van der Waals surface area contributed by atoms with Gasteiger partial charge in [0.1, 0.15) is 11.9 Å². The number of benzene rings is 2. The Balaban J connectivity index is 1.41. The van der Waals surface area contributed by atoms with Crippen LogP contribution in [0.15, 0.2) is 54.9 Å². The molecule has 0 aliphatic carbocycles. The zero-order chi connectivity index (χ0) is 21.3. The van der Waals surface area contributed by atoms with E-state index in [1.165, 1.54) is 0 Å². The molecule has 7 heteroatoms. The highest BCUT2D eigenvalue weighted by Crippen LogP contribution is 2.19. The molecule has 0 radical (unpaired) electrons. The average Bonchev–Trinajstić information content (AvgIpc) is 3.16. The Morgan fingerprint density at radius 1 is 0.900 bits per heavy atom. The highest BCUT2D eigenvalue weighted by Gasteiger charge is 2.28. The monoisotopic (exact) mass is 406 g/mol. The van der Waals surface area contributed by atoms with E-state index in [0.29, 0.717) is 31.7 Å². The number of aromatic nitrogens is 2. The van der Waals surface area contributed by atoms with Crippen molar-refractivity contribution in [2.45, 2.75) is 26.4 Å². The van der Waals surface area contributed by atoms with Gasteiger partial charge in [-0.05, 0) is 57.2 Å². The minimum atomic E-state index is -0.521. The number of hydrogen-bond donors (Lipinski definition) is 0. The summed E-state index contributed by atoms with van der Waals surface area (Å²) in [6.07, 6.45) is 1.46. The SMILES string of the molecule is CC(C)(C)OC(=O)N1CCN(C(=O)c2ccc(-n3cnc4ccccc43)cc2)CC1. The van der Waals surface area contributed by atoms with Crippen molar-refractivity contribution in [2.24, 2.45) is 0 Å². The molecule has 1 saturated heterocycles.